The van der Waals surface area contributed by atoms with Gasteiger partial charge in [-0.3, -0.25) is 0 Å². The molecule has 0 aliphatic heterocycles. The second kappa shape index (κ2) is 6.68. The van der Waals surface area contributed by atoms with Crippen molar-refractivity contribution >= 4 is 34.0 Å². The number of rotatable bonds is 6. The van der Waals surface area contributed by atoms with Gasteiger partial charge in [-0.05, 0) is 29.6 Å². The van der Waals surface area contributed by atoms with Crippen LogP contribution in [0.15, 0.2) is 24.3 Å². The molecule has 1 rings (SSSR count). The molecule has 0 bridgehead atoms. The van der Waals surface area contributed by atoms with E-state index in [0.29, 0.717) is 0 Å². The Hall–Kier alpha value is 0.0169. The van der Waals surface area contributed by atoms with E-state index >= 15 is 0 Å². The summed E-state index contributed by atoms with van der Waals surface area (Å²) < 4.78 is 0. The zero-order valence-corrected chi connectivity index (χ0v) is 12.6. The van der Waals surface area contributed by atoms with Crippen molar-refractivity contribution < 1.29 is 0 Å². The number of unbranched alkanes of at least 4 members (excludes halogenated alkanes) is 2. The Morgan fingerprint density at radius 1 is 1.00 bits per heavy atom. The monoisotopic (exact) mass is 274 g/mol. The van der Waals surface area contributed by atoms with Crippen molar-refractivity contribution in [2.75, 3.05) is 0 Å². The summed E-state index contributed by atoms with van der Waals surface area (Å²) >= 11 is 12.7. The number of benzene rings is 1. The molecule has 0 nitrogen and oxygen atoms in total. The second-order valence-corrected chi connectivity index (χ2v) is 11.4. The average Bonchev–Trinajstić information content (AvgIpc) is 2.30. The fourth-order valence-corrected chi connectivity index (χ4v) is 3.52. The molecule has 3 heteroatoms. The van der Waals surface area contributed by atoms with Gasteiger partial charge in [0, 0.05) is 0 Å². The Labute approximate surface area is 109 Å². The molecule has 90 valence electrons. The van der Waals surface area contributed by atoms with E-state index < -0.39 is 6.69 Å². The predicted molar refractivity (Wildman–Crippen MR) is 77.2 cm³/mol. The average molecular weight is 275 g/mol. The summed E-state index contributed by atoms with van der Waals surface area (Å²) in [7, 11) is 0. The van der Waals surface area contributed by atoms with Crippen LogP contribution in [0.3, 0.4) is 0 Å². The van der Waals surface area contributed by atoms with Crippen LogP contribution in [0.25, 0.3) is 0 Å². The van der Waals surface area contributed by atoms with Gasteiger partial charge >= 0.3 is 0 Å². The van der Waals surface area contributed by atoms with E-state index in [4.69, 9.17) is 22.2 Å². The maximum Gasteiger partial charge on any atom is 0.280 e. The molecule has 0 aliphatic carbocycles. The maximum atomic E-state index is 6.33. The number of halogens is 2. The first-order valence-electron chi connectivity index (χ1n) is 6.07. The SMILES string of the molecule is CCCCCc1ccc([Si](Cl)(Cl)CC)cc1. The Kier molecular flexibility index (Phi) is 5.88. The fourth-order valence-electron chi connectivity index (χ4n) is 1.70. The minimum absolute atomic E-state index is 0.866. The van der Waals surface area contributed by atoms with Crippen LogP contribution >= 0.6 is 22.2 Å². The summed E-state index contributed by atoms with van der Waals surface area (Å²) in [6.07, 6.45) is 5.01. The van der Waals surface area contributed by atoms with Crippen molar-refractivity contribution in [3.05, 3.63) is 29.8 Å². The summed E-state index contributed by atoms with van der Waals surface area (Å²) in [6, 6.07) is 9.43. The second-order valence-electron chi connectivity index (χ2n) is 4.21. The molecule has 0 saturated carbocycles. The van der Waals surface area contributed by atoms with Crippen molar-refractivity contribution in [1.82, 2.24) is 0 Å². The highest BCUT2D eigenvalue weighted by molar-refractivity contribution is 7.50. The predicted octanol–water partition coefficient (Wildman–Crippen LogP) is 4.57. The molecule has 0 radical (unpaired) electrons. The summed E-state index contributed by atoms with van der Waals surface area (Å²) in [5, 5.41) is 1.14. The lowest BCUT2D eigenvalue weighted by molar-refractivity contribution is 0.717. The van der Waals surface area contributed by atoms with E-state index in [0.717, 1.165) is 11.2 Å². The highest BCUT2D eigenvalue weighted by atomic mass is 35.7. The van der Waals surface area contributed by atoms with Crippen LogP contribution in [-0.2, 0) is 6.42 Å². The Morgan fingerprint density at radius 3 is 2.12 bits per heavy atom. The van der Waals surface area contributed by atoms with Crippen LogP contribution in [0.5, 0.6) is 0 Å². The molecule has 0 unspecified atom stereocenters. The normalized spacial score (nSPS) is 11.8. The van der Waals surface area contributed by atoms with E-state index in [9.17, 15) is 0 Å². The van der Waals surface area contributed by atoms with Crippen LogP contribution in [0.2, 0.25) is 6.04 Å². The van der Waals surface area contributed by atoms with Gasteiger partial charge in [0.15, 0.2) is 0 Å². The largest absolute Gasteiger partial charge is 0.280 e. The molecule has 0 fully saturated rings. The van der Waals surface area contributed by atoms with Gasteiger partial charge in [-0.15, -0.1) is 22.2 Å². The van der Waals surface area contributed by atoms with Crippen LogP contribution in [0.4, 0.5) is 0 Å². The summed E-state index contributed by atoms with van der Waals surface area (Å²) in [5.74, 6) is 0. The van der Waals surface area contributed by atoms with E-state index in [2.05, 4.69) is 38.1 Å². The Morgan fingerprint density at radius 2 is 1.62 bits per heavy atom. The minimum atomic E-state index is -2.17. The molecule has 0 saturated heterocycles. The minimum Gasteiger partial charge on any atom is -0.140 e. The first-order valence-corrected chi connectivity index (χ1v) is 10.3. The van der Waals surface area contributed by atoms with E-state index in [1.165, 1.54) is 31.2 Å². The van der Waals surface area contributed by atoms with Gasteiger partial charge in [-0.25, -0.2) is 0 Å². The van der Waals surface area contributed by atoms with Gasteiger partial charge in [-0.2, -0.15) is 0 Å². The zero-order valence-electron chi connectivity index (χ0n) is 10.1. The number of hydrogen-bond acceptors (Lipinski definition) is 0. The van der Waals surface area contributed by atoms with Crippen molar-refractivity contribution in [3.8, 4) is 0 Å². The van der Waals surface area contributed by atoms with Gasteiger partial charge in [0.25, 0.3) is 6.69 Å². The molecule has 0 heterocycles. The lowest BCUT2D eigenvalue weighted by Crippen LogP contribution is -2.35. The van der Waals surface area contributed by atoms with E-state index in [-0.39, 0.29) is 0 Å². The molecule has 16 heavy (non-hydrogen) atoms. The third kappa shape index (κ3) is 4.12. The third-order valence-corrected chi connectivity index (χ3v) is 7.87. The Balaban J connectivity index is 2.61. The molecule has 1 aromatic rings. The lowest BCUT2D eigenvalue weighted by atomic mass is 10.1. The van der Waals surface area contributed by atoms with Crippen molar-refractivity contribution in [3.63, 3.8) is 0 Å². The topological polar surface area (TPSA) is 0 Å². The molecule has 1 aromatic carbocycles. The summed E-state index contributed by atoms with van der Waals surface area (Å²) in [5.41, 5.74) is 1.39. The van der Waals surface area contributed by atoms with E-state index in [1.54, 1.807) is 0 Å². The van der Waals surface area contributed by atoms with Crippen LogP contribution in [0, 0.1) is 0 Å². The zero-order chi connectivity index (χ0) is 12.0. The molecule has 0 aromatic heterocycles. The van der Waals surface area contributed by atoms with Gasteiger partial charge in [0.2, 0.25) is 0 Å². The maximum absolute atomic E-state index is 6.33. The third-order valence-electron chi connectivity index (χ3n) is 2.89. The standard InChI is InChI=1S/C13H20Cl2Si/c1-3-5-6-7-12-8-10-13(11-9-12)16(14,15)4-2/h8-11H,3-7H2,1-2H3. The molecule has 0 atom stereocenters. The van der Waals surface area contributed by atoms with Gasteiger partial charge in [0.1, 0.15) is 0 Å². The highest BCUT2D eigenvalue weighted by Crippen LogP contribution is 2.20. The quantitative estimate of drug-likeness (QED) is 0.405. The molecular weight excluding hydrogens is 255 g/mol. The molecule has 0 amide bonds. The number of aryl methyl sites for hydroxylation is 1. The van der Waals surface area contributed by atoms with Gasteiger partial charge in [0.05, 0.1) is 0 Å². The van der Waals surface area contributed by atoms with Gasteiger partial charge < -0.3 is 0 Å². The molecule has 0 spiro atoms. The fraction of sp³-hybridized carbons (Fsp3) is 0.538. The first kappa shape index (κ1) is 14.1. The van der Waals surface area contributed by atoms with Crippen molar-refractivity contribution in [2.24, 2.45) is 0 Å². The van der Waals surface area contributed by atoms with Crippen molar-refractivity contribution in [1.29, 1.82) is 0 Å². The van der Waals surface area contributed by atoms with Gasteiger partial charge in [-0.1, -0.05) is 51.0 Å². The number of hydrogen-bond donors (Lipinski definition) is 0. The van der Waals surface area contributed by atoms with Crippen LogP contribution in [-0.4, -0.2) is 6.69 Å². The van der Waals surface area contributed by atoms with Crippen LogP contribution < -0.4 is 5.19 Å². The smallest absolute Gasteiger partial charge is 0.140 e. The molecule has 0 aliphatic rings. The molecule has 0 N–H and O–H groups in total. The summed E-state index contributed by atoms with van der Waals surface area (Å²) in [4.78, 5) is 0. The van der Waals surface area contributed by atoms with E-state index in [1.807, 2.05) is 0 Å². The van der Waals surface area contributed by atoms with Crippen molar-refractivity contribution in [2.45, 2.75) is 45.6 Å². The summed E-state index contributed by atoms with van der Waals surface area (Å²) in [6.45, 7) is 2.11. The highest BCUT2D eigenvalue weighted by Gasteiger charge is 2.27. The van der Waals surface area contributed by atoms with Crippen LogP contribution in [0.1, 0.15) is 38.7 Å². The Bertz CT molecular complexity index is 306. The lowest BCUT2D eigenvalue weighted by Gasteiger charge is -2.14. The first-order chi connectivity index (χ1) is 7.60. The molecular formula is C13H20Cl2Si.